The maximum absolute atomic E-state index is 12.1. The summed E-state index contributed by atoms with van der Waals surface area (Å²) in [5.74, 6) is 0.176. The highest BCUT2D eigenvalue weighted by Gasteiger charge is 2.09. The SMILES string of the molecule is O=C(CCC(=O)OCCc1ccccc1)Nc1ccc(OCCCc2ccccc2)cc1. The second kappa shape index (κ2) is 13.0. The van der Waals surface area contributed by atoms with Crippen LogP contribution in [0.5, 0.6) is 5.75 Å². The zero-order chi connectivity index (χ0) is 22.4. The molecule has 0 saturated heterocycles. The number of hydrogen-bond donors (Lipinski definition) is 1. The summed E-state index contributed by atoms with van der Waals surface area (Å²) in [6.07, 6.45) is 2.72. The second-order valence-electron chi connectivity index (χ2n) is 7.47. The van der Waals surface area contributed by atoms with Gasteiger partial charge in [0.25, 0.3) is 0 Å². The Bertz CT molecular complexity index is 956. The predicted octanol–water partition coefficient (Wildman–Crippen LogP) is 5.20. The lowest BCUT2D eigenvalue weighted by molar-refractivity contribution is -0.144. The molecule has 0 aliphatic carbocycles. The third-order valence-corrected chi connectivity index (χ3v) is 4.91. The second-order valence-corrected chi connectivity index (χ2v) is 7.47. The number of esters is 1. The fourth-order valence-corrected chi connectivity index (χ4v) is 3.18. The molecule has 0 spiro atoms. The maximum Gasteiger partial charge on any atom is 0.306 e. The Hall–Kier alpha value is -3.60. The van der Waals surface area contributed by atoms with Crippen molar-refractivity contribution in [1.29, 1.82) is 0 Å². The van der Waals surface area contributed by atoms with Crippen LogP contribution in [0, 0.1) is 0 Å². The van der Waals surface area contributed by atoms with Crippen LogP contribution in [-0.4, -0.2) is 25.1 Å². The number of anilines is 1. The third kappa shape index (κ3) is 8.64. The Morgan fingerprint density at radius 1 is 0.688 bits per heavy atom. The minimum atomic E-state index is -0.365. The van der Waals surface area contributed by atoms with Gasteiger partial charge in [0.05, 0.1) is 19.6 Å². The molecule has 1 amide bonds. The highest BCUT2D eigenvalue weighted by molar-refractivity contribution is 5.92. The van der Waals surface area contributed by atoms with E-state index in [2.05, 4.69) is 17.4 Å². The predicted molar refractivity (Wildman–Crippen MR) is 126 cm³/mol. The monoisotopic (exact) mass is 431 g/mol. The van der Waals surface area contributed by atoms with E-state index in [-0.39, 0.29) is 24.7 Å². The van der Waals surface area contributed by atoms with E-state index in [9.17, 15) is 9.59 Å². The molecule has 0 aliphatic heterocycles. The molecule has 0 bridgehead atoms. The van der Waals surface area contributed by atoms with Crippen LogP contribution in [0.15, 0.2) is 84.9 Å². The lowest BCUT2D eigenvalue weighted by Crippen LogP contribution is -2.15. The number of benzene rings is 3. The number of hydrogen-bond acceptors (Lipinski definition) is 4. The molecule has 0 saturated carbocycles. The standard InChI is InChI=1S/C27H29NO4/c29-26(17-18-27(30)32-21-19-23-10-5-2-6-11-23)28-24-13-15-25(16-14-24)31-20-7-12-22-8-3-1-4-9-22/h1-6,8-11,13-16H,7,12,17-21H2,(H,28,29). The molecular weight excluding hydrogens is 402 g/mol. The Balaban J connectivity index is 1.28. The lowest BCUT2D eigenvalue weighted by atomic mass is 10.1. The van der Waals surface area contributed by atoms with Crippen molar-refractivity contribution in [2.75, 3.05) is 18.5 Å². The summed E-state index contributed by atoms with van der Waals surface area (Å²) >= 11 is 0. The summed E-state index contributed by atoms with van der Waals surface area (Å²) in [6, 6.07) is 27.4. The number of carbonyl (C=O) groups is 2. The van der Waals surface area contributed by atoms with Crippen LogP contribution >= 0.6 is 0 Å². The Morgan fingerprint density at radius 3 is 1.97 bits per heavy atom. The van der Waals surface area contributed by atoms with Crippen LogP contribution in [0.25, 0.3) is 0 Å². The number of nitrogens with one attached hydrogen (secondary N) is 1. The number of aryl methyl sites for hydroxylation is 1. The van der Waals surface area contributed by atoms with Crippen LogP contribution in [-0.2, 0) is 27.2 Å². The number of amides is 1. The normalized spacial score (nSPS) is 10.4. The van der Waals surface area contributed by atoms with Gasteiger partial charge in [0.2, 0.25) is 5.91 Å². The minimum absolute atomic E-state index is 0.0588. The van der Waals surface area contributed by atoms with E-state index in [0.29, 0.717) is 25.3 Å². The van der Waals surface area contributed by atoms with E-state index in [0.717, 1.165) is 24.2 Å². The van der Waals surface area contributed by atoms with Gasteiger partial charge >= 0.3 is 5.97 Å². The zero-order valence-electron chi connectivity index (χ0n) is 18.2. The van der Waals surface area contributed by atoms with Crippen molar-refractivity contribution >= 4 is 17.6 Å². The van der Waals surface area contributed by atoms with Crippen molar-refractivity contribution in [3.63, 3.8) is 0 Å². The molecule has 5 nitrogen and oxygen atoms in total. The van der Waals surface area contributed by atoms with Gasteiger partial charge in [0, 0.05) is 18.5 Å². The molecule has 1 N–H and O–H groups in total. The molecule has 0 fully saturated rings. The van der Waals surface area contributed by atoms with Gasteiger partial charge in [-0.2, -0.15) is 0 Å². The molecular formula is C27H29NO4. The Labute approximate surface area is 189 Å². The summed E-state index contributed by atoms with van der Waals surface area (Å²) in [4.78, 5) is 23.9. The smallest absolute Gasteiger partial charge is 0.306 e. The minimum Gasteiger partial charge on any atom is -0.494 e. The van der Waals surface area contributed by atoms with E-state index in [1.807, 2.05) is 60.7 Å². The van der Waals surface area contributed by atoms with Crippen molar-refractivity contribution in [3.05, 3.63) is 96.1 Å². The van der Waals surface area contributed by atoms with Gasteiger partial charge < -0.3 is 14.8 Å². The van der Waals surface area contributed by atoms with E-state index in [4.69, 9.17) is 9.47 Å². The molecule has 0 unspecified atom stereocenters. The van der Waals surface area contributed by atoms with Gasteiger partial charge in [-0.1, -0.05) is 60.7 Å². The van der Waals surface area contributed by atoms with Gasteiger partial charge in [0.1, 0.15) is 5.75 Å². The fraction of sp³-hybridized carbons (Fsp3) is 0.259. The molecule has 0 atom stereocenters. The summed E-state index contributed by atoms with van der Waals surface area (Å²) in [7, 11) is 0. The molecule has 3 aromatic carbocycles. The molecule has 32 heavy (non-hydrogen) atoms. The largest absolute Gasteiger partial charge is 0.494 e. The van der Waals surface area contributed by atoms with Gasteiger partial charge in [-0.15, -0.1) is 0 Å². The van der Waals surface area contributed by atoms with Crippen molar-refractivity contribution in [2.24, 2.45) is 0 Å². The van der Waals surface area contributed by atoms with Crippen molar-refractivity contribution in [2.45, 2.75) is 32.1 Å². The average Bonchev–Trinajstić information content (AvgIpc) is 2.83. The first-order chi connectivity index (χ1) is 15.7. The van der Waals surface area contributed by atoms with E-state index in [1.165, 1.54) is 5.56 Å². The number of rotatable bonds is 12. The first kappa shape index (κ1) is 23.1. The average molecular weight is 432 g/mol. The highest BCUT2D eigenvalue weighted by Crippen LogP contribution is 2.16. The Kier molecular flexibility index (Phi) is 9.34. The number of carbonyl (C=O) groups excluding carboxylic acids is 2. The molecule has 5 heteroatoms. The summed E-state index contributed by atoms with van der Waals surface area (Å²) in [6.45, 7) is 0.949. The van der Waals surface area contributed by atoms with Gasteiger partial charge in [-0.3, -0.25) is 9.59 Å². The topological polar surface area (TPSA) is 64.6 Å². The molecule has 166 valence electrons. The van der Waals surface area contributed by atoms with Crippen molar-refractivity contribution < 1.29 is 19.1 Å². The molecule has 0 aliphatic rings. The van der Waals surface area contributed by atoms with Crippen LogP contribution in [0.3, 0.4) is 0 Å². The summed E-state index contributed by atoms with van der Waals surface area (Å²) < 4.78 is 11.0. The number of ether oxygens (including phenoxy) is 2. The first-order valence-corrected chi connectivity index (χ1v) is 11.0. The fourth-order valence-electron chi connectivity index (χ4n) is 3.18. The highest BCUT2D eigenvalue weighted by atomic mass is 16.5. The maximum atomic E-state index is 12.1. The van der Waals surface area contributed by atoms with Crippen molar-refractivity contribution in [1.82, 2.24) is 0 Å². The molecule has 0 heterocycles. The lowest BCUT2D eigenvalue weighted by Gasteiger charge is -2.09. The summed E-state index contributed by atoms with van der Waals surface area (Å²) in [5, 5.41) is 2.79. The van der Waals surface area contributed by atoms with E-state index < -0.39 is 0 Å². The molecule has 3 rings (SSSR count). The third-order valence-electron chi connectivity index (χ3n) is 4.91. The molecule has 0 aromatic heterocycles. The zero-order valence-corrected chi connectivity index (χ0v) is 18.2. The van der Waals surface area contributed by atoms with Gasteiger partial charge in [-0.05, 0) is 48.2 Å². The van der Waals surface area contributed by atoms with Crippen LogP contribution in [0.1, 0.15) is 30.4 Å². The quantitative estimate of drug-likeness (QED) is 0.316. The van der Waals surface area contributed by atoms with Crippen LogP contribution in [0.2, 0.25) is 0 Å². The van der Waals surface area contributed by atoms with E-state index in [1.54, 1.807) is 12.1 Å². The van der Waals surface area contributed by atoms with Gasteiger partial charge in [-0.25, -0.2) is 0 Å². The molecule has 3 aromatic rings. The molecule has 0 radical (unpaired) electrons. The van der Waals surface area contributed by atoms with Crippen LogP contribution in [0.4, 0.5) is 5.69 Å². The first-order valence-electron chi connectivity index (χ1n) is 11.0. The van der Waals surface area contributed by atoms with Crippen LogP contribution < -0.4 is 10.1 Å². The Morgan fingerprint density at radius 2 is 1.31 bits per heavy atom. The van der Waals surface area contributed by atoms with E-state index >= 15 is 0 Å². The van der Waals surface area contributed by atoms with Crippen molar-refractivity contribution in [3.8, 4) is 5.75 Å². The van der Waals surface area contributed by atoms with Gasteiger partial charge in [0.15, 0.2) is 0 Å². The summed E-state index contributed by atoms with van der Waals surface area (Å²) in [5.41, 5.74) is 3.08.